The van der Waals surface area contributed by atoms with Gasteiger partial charge in [0.05, 0.1) is 0 Å². The minimum atomic E-state index is 0.0507. The number of halogens is 1. The Balaban J connectivity index is 1.89. The van der Waals surface area contributed by atoms with Gasteiger partial charge in [0, 0.05) is 30.5 Å². The highest BCUT2D eigenvalue weighted by Crippen LogP contribution is 2.15. The lowest BCUT2D eigenvalue weighted by Gasteiger charge is -2.08. The van der Waals surface area contributed by atoms with E-state index in [2.05, 4.69) is 15.6 Å². The van der Waals surface area contributed by atoms with E-state index >= 15 is 0 Å². The van der Waals surface area contributed by atoms with Crippen molar-refractivity contribution in [1.29, 1.82) is 0 Å². The summed E-state index contributed by atoms with van der Waals surface area (Å²) in [7, 11) is 0. The quantitative estimate of drug-likeness (QED) is 0.790. The highest BCUT2D eigenvalue weighted by molar-refractivity contribution is 6.29. The summed E-state index contributed by atoms with van der Waals surface area (Å²) in [6.45, 7) is 2.67. The molecule has 1 aromatic heterocycles. The standard InChI is InChI=1S/C16H18ClN3O/c1-2-3-16(21)20-13-6-4-12(5-7-13)11-19-14-8-9-18-15(17)10-14/h4-10H,2-3,11H2,1H3,(H,18,19)(H,20,21). The fourth-order valence-corrected chi connectivity index (χ4v) is 2.05. The number of carbonyl (C=O) groups excluding carboxylic acids is 1. The summed E-state index contributed by atoms with van der Waals surface area (Å²) >= 11 is 5.83. The van der Waals surface area contributed by atoms with Gasteiger partial charge in [-0.05, 0) is 36.2 Å². The van der Waals surface area contributed by atoms with Gasteiger partial charge in [0.15, 0.2) is 0 Å². The second-order valence-electron chi connectivity index (χ2n) is 4.72. The summed E-state index contributed by atoms with van der Waals surface area (Å²) in [4.78, 5) is 15.4. The summed E-state index contributed by atoms with van der Waals surface area (Å²) in [6, 6.07) is 11.4. The molecule has 0 saturated heterocycles. The Morgan fingerprint density at radius 3 is 2.62 bits per heavy atom. The molecular weight excluding hydrogens is 286 g/mol. The summed E-state index contributed by atoms with van der Waals surface area (Å²) in [5.74, 6) is 0.0507. The van der Waals surface area contributed by atoms with Crippen LogP contribution in [0.25, 0.3) is 0 Å². The van der Waals surface area contributed by atoms with E-state index in [1.807, 2.05) is 37.3 Å². The van der Waals surface area contributed by atoms with Crippen molar-refractivity contribution in [1.82, 2.24) is 4.98 Å². The van der Waals surface area contributed by atoms with Gasteiger partial charge in [0.1, 0.15) is 5.15 Å². The Morgan fingerprint density at radius 1 is 1.19 bits per heavy atom. The first kappa shape index (κ1) is 15.3. The Kier molecular flexibility index (Phi) is 5.58. The molecule has 0 radical (unpaired) electrons. The fourth-order valence-electron chi connectivity index (χ4n) is 1.87. The molecule has 0 aliphatic carbocycles. The number of carbonyl (C=O) groups is 1. The van der Waals surface area contributed by atoms with E-state index in [1.54, 1.807) is 12.3 Å². The summed E-state index contributed by atoms with van der Waals surface area (Å²) < 4.78 is 0. The molecule has 1 heterocycles. The first-order chi connectivity index (χ1) is 10.2. The molecule has 2 N–H and O–H groups in total. The van der Waals surface area contributed by atoms with Crippen LogP contribution in [-0.4, -0.2) is 10.9 Å². The Morgan fingerprint density at radius 2 is 1.95 bits per heavy atom. The van der Waals surface area contributed by atoms with Crippen molar-refractivity contribution in [3.8, 4) is 0 Å². The molecule has 0 atom stereocenters. The first-order valence-electron chi connectivity index (χ1n) is 6.91. The molecule has 2 rings (SSSR count). The molecule has 0 spiro atoms. The first-order valence-corrected chi connectivity index (χ1v) is 7.29. The van der Waals surface area contributed by atoms with Crippen molar-refractivity contribution in [3.05, 3.63) is 53.3 Å². The molecule has 5 heteroatoms. The van der Waals surface area contributed by atoms with Crippen LogP contribution in [0.1, 0.15) is 25.3 Å². The van der Waals surface area contributed by atoms with Gasteiger partial charge in [0.2, 0.25) is 5.91 Å². The number of benzene rings is 1. The van der Waals surface area contributed by atoms with Crippen molar-refractivity contribution in [2.75, 3.05) is 10.6 Å². The smallest absolute Gasteiger partial charge is 0.224 e. The molecule has 2 aromatic rings. The largest absolute Gasteiger partial charge is 0.381 e. The van der Waals surface area contributed by atoms with Gasteiger partial charge in [0.25, 0.3) is 0 Å². The zero-order valence-electron chi connectivity index (χ0n) is 11.9. The molecule has 1 amide bonds. The predicted molar refractivity (Wildman–Crippen MR) is 86.6 cm³/mol. The molecule has 0 bridgehead atoms. The second kappa shape index (κ2) is 7.64. The number of amides is 1. The lowest BCUT2D eigenvalue weighted by molar-refractivity contribution is -0.116. The van der Waals surface area contributed by atoms with Gasteiger partial charge < -0.3 is 10.6 Å². The normalized spacial score (nSPS) is 10.2. The summed E-state index contributed by atoms with van der Waals surface area (Å²) in [5.41, 5.74) is 2.87. The van der Waals surface area contributed by atoms with Crippen molar-refractivity contribution in [3.63, 3.8) is 0 Å². The van der Waals surface area contributed by atoms with Crippen LogP contribution >= 0.6 is 11.6 Å². The van der Waals surface area contributed by atoms with E-state index < -0.39 is 0 Å². The number of hydrogen-bond donors (Lipinski definition) is 2. The van der Waals surface area contributed by atoms with Crippen molar-refractivity contribution >= 4 is 28.9 Å². The summed E-state index contributed by atoms with van der Waals surface area (Å²) in [6.07, 6.45) is 3.06. The van der Waals surface area contributed by atoms with E-state index in [0.717, 1.165) is 23.4 Å². The zero-order chi connectivity index (χ0) is 15.1. The number of rotatable bonds is 6. The maximum absolute atomic E-state index is 11.5. The molecule has 4 nitrogen and oxygen atoms in total. The third-order valence-corrected chi connectivity index (χ3v) is 3.14. The van der Waals surface area contributed by atoms with Crippen LogP contribution in [0, 0.1) is 0 Å². The second-order valence-corrected chi connectivity index (χ2v) is 5.10. The highest BCUT2D eigenvalue weighted by Gasteiger charge is 2.01. The molecule has 0 unspecified atom stereocenters. The Hall–Kier alpha value is -2.07. The Bertz CT molecular complexity index is 599. The Labute approximate surface area is 129 Å². The van der Waals surface area contributed by atoms with Crippen LogP contribution in [0.2, 0.25) is 5.15 Å². The number of hydrogen-bond acceptors (Lipinski definition) is 3. The van der Waals surface area contributed by atoms with Gasteiger partial charge in [-0.2, -0.15) is 0 Å². The van der Waals surface area contributed by atoms with E-state index in [0.29, 0.717) is 18.1 Å². The summed E-state index contributed by atoms with van der Waals surface area (Å²) in [5, 5.41) is 6.60. The van der Waals surface area contributed by atoms with Crippen molar-refractivity contribution in [2.24, 2.45) is 0 Å². The molecule has 0 saturated carbocycles. The average molecular weight is 304 g/mol. The number of anilines is 2. The minimum Gasteiger partial charge on any atom is -0.381 e. The van der Waals surface area contributed by atoms with Crippen LogP contribution in [0.15, 0.2) is 42.6 Å². The van der Waals surface area contributed by atoms with Crippen LogP contribution in [0.4, 0.5) is 11.4 Å². The molecule has 0 aliphatic rings. The van der Waals surface area contributed by atoms with Crippen molar-refractivity contribution in [2.45, 2.75) is 26.3 Å². The van der Waals surface area contributed by atoms with Gasteiger partial charge in [-0.3, -0.25) is 4.79 Å². The lowest BCUT2D eigenvalue weighted by Crippen LogP contribution is -2.10. The average Bonchev–Trinajstić information content (AvgIpc) is 2.47. The fraction of sp³-hybridized carbons (Fsp3) is 0.250. The van der Waals surface area contributed by atoms with Crippen LogP contribution < -0.4 is 10.6 Å². The van der Waals surface area contributed by atoms with Crippen LogP contribution in [-0.2, 0) is 11.3 Å². The molecular formula is C16H18ClN3O. The lowest BCUT2D eigenvalue weighted by atomic mass is 10.2. The monoisotopic (exact) mass is 303 g/mol. The maximum Gasteiger partial charge on any atom is 0.224 e. The van der Waals surface area contributed by atoms with E-state index in [4.69, 9.17) is 11.6 Å². The SMILES string of the molecule is CCCC(=O)Nc1ccc(CNc2ccnc(Cl)c2)cc1. The predicted octanol–water partition coefficient (Wildman–Crippen LogP) is 4.09. The van der Waals surface area contributed by atoms with Gasteiger partial charge in [-0.25, -0.2) is 4.98 Å². The van der Waals surface area contributed by atoms with Gasteiger partial charge in [-0.15, -0.1) is 0 Å². The van der Waals surface area contributed by atoms with E-state index in [1.165, 1.54) is 0 Å². The zero-order valence-corrected chi connectivity index (χ0v) is 12.7. The van der Waals surface area contributed by atoms with Crippen LogP contribution in [0.3, 0.4) is 0 Å². The molecule has 0 aliphatic heterocycles. The number of nitrogens with one attached hydrogen (secondary N) is 2. The van der Waals surface area contributed by atoms with Crippen LogP contribution in [0.5, 0.6) is 0 Å². The number of pyridine rings is 1. The number of nitrogens with zero attached hydrogens (tertiary/aromatic N) is 1. The molecule has 110 valence electrons. The van der Waals surface area contributed by atoms with E-state index in [9.17, 15) is 4.79 Å². The molecule has 1 aromatic carbocycles. The minimum absolute atomic E-state index is 0.0507. The van der Waals surface area contributed by atoms with E-state index in [-0.39, 0.29) is 5.91 Å². The number of aromatic nitrogens is 1. The molecule has 21 heavy (non-hydrogen) atoms. The third-order valence-electron chi connectivity index (χ3n) is 2.94. The van der Waals surface area contributed by atoms with Crippen molar-refractivity contribution < 1.29 is 4.79 Å². The topological polar surface area (TPSA) is 54.0 Å². The van der Waals surface area contributed by atoms with Gasteiger partial charge >= 0.3 is 0 Å². The highest BCUT2D eigenvalue weighted by atomic mass is 35.5. The maximum atomic E-state index is 11.5. The third kappa shape index (κ3) is 5.08. The van der Waals surface area contributed by atoms with Gasteiger partial charge in [-0.1, -0.05) is 30.7 Å². The molecule has 0 fully saturated rings.